The molecule has 0 amide bonds. The van der Waals surface area contributed by atoms with Gasteiger partial charge in [0, 0.05) is 14.9 Å². The van der Waals surface area contributed by atoms with Crippen LogP contribution in [0.3, 0.4) is 0 Å². The molecule has 0 fully saturated rings. The molecule has 1 heterocycles. The molecule has 1 aromatic carbocycles. The number of halogens is 1. The number of thiol groups is 1. The molecule has 0 aliphatic heterocycles. The van der Waals surface area contributed by atoms with Crippen LogP contribution in [0.1, 0.15) is 10.6 Å². The summed E-state index contributed by atoms with van der Waals surface area (Å²) in [6, 6.07) is 8.27. The van der Waals surface area contributed by atoms with E-state index in [9.17, 15) is 0 Å². The van der Waals surface area contributed by atoms with Crippen LogP contribution in [-0.4, -0.2) is 10.7 Å². The molecule has 2 rings (SSSR count). The van der Waals surface area contributed by atoms with Crippen molar-refractivity contribution in [3.05, 3.63) is 39.3 Å². The number of rotatable bonds is 3. The zero-order chi connectivity index (χ0) is 11.5. The Morgan fingerprint density at radius 2 is 2.00 bits per heavy atom. The third-order valence-corrected chi connectivity index (χ3v) is 4.34. The van der Waals surface area contributed by atoms with Gasteiger partial charge in [-0.2, -0.15) is 12.6 Å². The first-order valence-corrected chi connectivity index (χ1v) is 7.28. The maximum Gasteiger partial charge on any atom is 0.123 e. The normalized spacial score (nSPS) is 10.7. The molecule has 4 heteroatoms. The molecule has 0 radical (unpaired) electrons. The van der Waals surface area contributed by atoms with Gasteiger partial charge in [-0.05, 0) is 31.2 Å². The fourth-order valence-corrected chi connectivity index (χ4v) is 3.18. The molecule has 2 aromatic rings. The predicted molar refractivity (Wildman–Crippen MR) is 77.5 cm³/mol. The van der Waals surface area contributed by atoms with Crippen LogP contribution in [0.15, 0.2) is 28.7 Å². The van der Waals surface area contributed by atoms with Gasteiger partial charge in [-0.15, -0.1) is 11.3 Å². The summed E-state index contributed by atoms with van der Waals surface area (Å²) in [5, 5.41) is 1.10. The topological polar surface area (TPSA) is 12.9 Å². The number of nitrogens with zero attached hydrogens (tertiary/aromatic N) is 1. The van der Waals surface area contributed by atoms with Gasteiger partial charge in [0.2, 0.25) is 0 Å². The number of benzene rings is 1. The molecular formula is C12H12BrNS2. The van der Waals surface area contributed by atoms with Gasteiger partial charge in [-0.3, -0.25) is 0 Å². The van der Waals surface area contributed by atoms with Crippen molar-refractivity contribution >= 4 is 39.9 Å². The lowest BCUT2D eigenvalue weighted by Crippen LogP contribution is -1.84. The molecule has 84 valence electrons. The lowest BCUT2D eigenvalue weighted by molar-refractivity contribution is 1.13. The van der Waals surface area contributed by atoms with E-state index in [4.69, 9.17) is 0 Å². The van der Waals surface area contributed by atoms with E-state index in [-0.39, 0.29) is 0 Å². The van der Waals surface area contributed by atoms with Crippen molar-refractivity contribution in [2.24, 2.45) is 0 Å². The molecule has 0 N–H and O–H groups in total. The van der Waals surface area contributed by atoms with Crippen LogP contribution in [0, 0.1) is 6.92 Å². The Bertz CT molecular complexity index is 476. The summed E-state index contributed by atoms with van der Waals surface area (Å²) in [7, 11) is 0. The molecular weight excluding hydrogens is 302 g/mol. The van der Waals surface area contributed by atoms with E-state index in [1.54, 1.807) is 11.3 Å². The summed E-state index contributed by atoms with van der Waals surface area (Å²) >= 11 is 9.47. The average Bonchev–Trinajstić information content (AvgIpc) is 2.62. The predicted octanol–water partition coefficient (Wildman–Crippen LogP) is 4.35. The van der Waals surface area contributed by atoms with Crippen molar-refractivity contribution in [1.29, 1.82) is 0 Å². The molecule has 0 aliphatic rings. The third-order valence-electron chi connectivity index (χ3n) is 2.32. The zero-order valence-corrected chi connectivity index (χ0v) is 12.2. The highest BCUT2D eigenvalue weighted by Gasteiger charge is 2.08. The van der Waals surface area contributed by atoms with Gasteiger partial charge in [0.05, 0.1) is 5.69 Å². The first-order chi connectivity index (χ1) is 7.70. The summed E-state index contributed by atoms with van der Waals surface area (Å²) in [5.41, 5.74) is 2.32. The SMILES string of the molecule is Cc1nc(-c2ccc(Br)cc2)sc1CCS. The van der Waals surface area contributed by atoms with E-state index >= 15 is 0 Å². The van der Waals surface area contributed by atoms with E-state index in [2.05, 4.69) is 52.6 Å². The maximum absolute atomic E-state index is 4.60. The average molecular weight is 314 g/mol. The largest absolute Gasteiger partial charge is 0.241 e. The summed E-state index contributed by atoms with van der Waals surface area (Å²) in [6.45, 7) is 2.07. The second-order valence-electron chi connectivity index (χ2n) is 3.51. The van der Waals surface area contributed by atoms with Crippen molar-refractivity contribution in [2.45, 2.75) is 13.3 Å². The van der Waals surface area contributed by atoms with E-state index in [0.29, 0.717) is 0 Å². The zero-order valence-electron chi connectivity index (χ0n) is 8.90. The highest BCUT2D eigenvalue weighted by atomic mass is 79.9. The van der Waals surface area contributed by atoms with E-state index in [1.807, 2.05) is 12.1 Å². The molecule has 0 saturated carbocycles. The van der Waals surface area contributed by atoms with Crippen LogP contribution in [0.2, 0.25) is 0 Å². The van der Waals surface area contributed by atoms with E-state index in [0.717, 1.165) is 27.3 Å². The Balaban J connectivity index is 2.33. The summed E-state index contributed by atoms with van der Waals surface area (Å²) in [4.78, 5) is 5.94. The molecule has 16 heavy (non-hydrogen) atoms. The highest BCUT2D eigenvalue weighted by Crippen LogP contribution is 2.29. The molecule has 1 aromatic heterocycles. The van der Waals surface area contributed by atoms with Crippen LogP contribution >= 0.6 is 39.9 Å². The molecule has 0 bridgehead atoms. The molecule has 1 nitrogen and oxygen atoms in total. The number of hydrogen-bond acceptors (Lipinski definition) is 3. The molecule has 0 atom stereocenters. The molecule has 0 aliphatic carbocycles. The van der Waals surface area contributed by atoms with Gasteiger partial charge in [0.1, 0.15) is 5.01 Å². The number of aromatic nitrogens is 1. The lowest BCUT2D eigenvalue weighted by Gasteiger charge is -1.95. The van der Waals surface area contributed by atoms with Gasteiger partial charge < -0.3 is 0 Å². The van der Waals surface area contributed by atoms with Crippen LogP contribution in [0.5, 0.6) is 0 Å². The van der Waals surface area contributed by atoms with Crippen molar-refractivity contribution in [1.82, 2.24) is 4.98 Å². The van der Waals surface area contributed by atoms with Crippen molar-refractivity contribution in [2.75, 3.05) is 5.75 Å². The second-order valence-corrected chi connectivity index (χ2v) is 5.95. The molecule has 0 unspecified atom stereocenters. The van der Waals surface area contributed by atoms with E-state index < -0.39 is 0 Å². The van der Waals surface area contributed by atoms with Gasteiger partial charge >= 0.3 is 0 Å². The van der Waals surface area contributed by atoms with E-state index in [1.165, 1.54) is 10.4 Å². The summed E-state index contributed by atoms with van der Waals surface area (Å²) in [5.74, 6) is 0.878. The smallest absolute Gasteiger partial charge is 0.123 e. The fourth-order valence-electron chi connectivity index (χ4n) is 1.48. The first kappa shape index (κ1) is 12.1. The first-order valence-electron chi connectivity index (χ1n) is 5.04. The quantitative estimate of drug-likeness (QED) is 0.831. The van der Waals surface area contributed by atoms with Crippen molar-refractivity contribution < 1.29 is 0 Å². The van der Waals surface area contributed by atoms with Crippen LogP contribution in [-0.2, 0) is 6.42 Å². The minimum atomic E-state index is 0.878. The van der Waals surface area contributed by atoms with Crippen molar-refractivity contribution in [3.63, 3.8) is 0 Å². The fraction of sp³-hybridized carbons (Fsp3) is 0.250. The number of thiazole rings is 1. The molecule has 0 saturated heterocycles. The minimum absolute atomic E-state index is 0.878. The minimum Gasteiger partial charge on any atom is -0.241 e. The van der Waals surface area contributed by atoms with Gasteiger partial charge in [-0.1, -0.05) is 28.1 Å². The summed E-state index contributed by atoms with van der Waals surface area (Å²) in [6.07, 6.45) is 1.00. The van der Waals surface area contributed by atoms with Gasteiger partial charge in [0.25, 0.3) is 0 Å². The maximum atomic E-state index is 4.60. The second kappa shape index (κ2) is 5.34. The highest BCUT2D eigenvalue weighted by molar-refractivity contribution is 9.10. The lowest BCUT2D eigenvalue weighted by atomic mass is 10.2. The Morgan fingerprint density at radius 1 is 1.31 bits per heavy atom. The standard InChI is InChI=1S/C12H12BrNS2/c1-8-11(6-7-15)16-12(14-8)9-2-4-10(13)5-3-9/h2-5,15H,6-7H2,1H3. The monoisotopic (exact) mass is 313 g/mol. The van der Waals surface area contributed by atoms with Crippen LogP contribution < -0.4 is 0 Å². The summed E-state index contributed by atoms with van der Waals surface area (Å²) < 4.78 is 1.10. The Labute approximate surface area is 113 Å². The number of hydrogen-bond donors (Lipinski definition) is 1. The van der Waals surface area contributed by atoms with Crippen LogP contribution in [0.4, 0.5) is 0 Å². The van der Waals surface area contributed by atoms with Gasteiger partial charge in [-0.25, -0.2) is 4.98 Å². The Morgan fingerprint density at radius 3 is 2.62 bits per heavy atom. The Kier molecular flexibility index (Phi) is 4.05. The third kappa shape index (κ3) is 2.67. The molecule has 0 spiro atoms. The van der Waals surface area contributed by atoms with Gasteiger partial charge in [0.15, 0.2) is 0 Å². The number of aryl methyl sites for hydroxylation is 2. The van der Waals surface area contributed by atoms with Crippen molar-refractivity contribution in [3.8, 4) is 10.6 Å². The Hall–Kier alpha value is -0.320. The van der Waals surface area contributed by atoms with Crippen LogP contribution in [0.25, 0.3) is 10.6 Å².